The number of H-pyrrole nitrogens is 1. The maximum Gasteiger partial charge on any atom is 0.272 e. The average molecular weight is 385 g/mol. The molecule has 1 aliphatic rings. The second-order valence-corrected chi connectivity index (χ2v) is 8.06. The summed E-state index contributed by atoms with van der Waals surface area (Å²) in [4.78, 5) is 14.7. The van der Waals surface area contributed by atoms with Gasteiger partial charge in [0, 0.05) is 19.6 Å². The number of piperidine rings is 1. The van der Waals surface area contributed by atoms with E-state index in [0.29, 0.717) is 18.2 Å². The second kappa shape index (κ2) is 8.29. The minimum atomic E-state index is -0.111. The van der Waals surface area contributed by atoms with Crippen molar-refractivity contribution < 1.29 is 4.79 Å². The van der Waals surface area contributed by atoms with E-state index in [0.717, 1.165) is 35.0 Å². The lowest BCUT2D eigenvalue weighted by Crippen LogP contribution is -2.40. The third-order valence-electron chi connectivity index (χ3n) is 4.41. The molecule has 2 N–H and O–H groups in total. The summed E-state index contributed by atoms with van der Waals surface area (Å²) < 4.78 is 0.781. The van der Waals surface area contributed by atoms with Gasteiger partial charge in [-0.25, -0.2) is 0 Å². The smallest absolute Gasteiger partial charge is 0.272 e. The predicted molar refractivity (Wildman–Crippen MR) is 96.7 cm³/mol. The molecule has 5 nitrogen and oxygen atoms in total. The van der Waals surface area contributed by atoms with Crippen LogP contribution in [0.2, 0.25) is 0 Å². The molecule has 2 unspecified atom stereocenters. The zero-order chi connectivity index (χ0) is 17.0. The van der Waals surface area contributed by atoms with E-state index in [1.54, 1.807) is 0 Å². The van der Waals surface area contributed by atoms with Crippen LogP contribution in [0.4, 0.5) is 0 Å². The van der Waals surface area contributed by atoms with Crippen molar-refractivity contribution in [2.24, 2.45) is 11.8 Å². The van der Waals surface area contributed by atoms with Gasteiger partial charge in [0.1, 0.15) is 0 Å². The summed E-state index contributed by atoms with van der Waals surface area (Å²) >= 11 is 3.47. The third-order valence-corrected chi connectivity index (χ3v) is 5.21. The summed E-state index contributed by atoms with van der Waals surface area (Å²) in [6.45, 7) is 12.9. The number of halogens is 1. The van der Waals surface area contributed by atoms with Gasteiger partial charge in [0.05, 0.1) is 10.2 Å². The number of aromatic nitrogens is 2. The number of carbonyl (C=O) groups is 1. The molecule has 1 fully saturated rings. The van der Waals surface area contributed by atoms with E-state index < -0.39 is 0 Å². The molecule has 0 aliphatic carbocycles. The minimum Gasteiger partial charge on any atom is -0.351 e. The summed E-state index contributed by atoms with van der Waals surface area (Å²) in [5.74, 6) is 1.76. The molecular weight excluding hydrogens is 356 g/mol. The Labute approximate surface area is 147 Å². The highest BCUT2D eigenvalue weighted by Crippen LogP contribution is 2.25. The van der Waals surface area contributed by atoms with Gasteiger partial charge in [-0.15, -0.1) is 0 Å². The summed E-state index contributed by atoms with van der Waals surface area (Å²) in [6, 6.07) is 0. The molecule has 1 amide bonds. The van der Waals surface area contributed by atoms with Crippen molar-refractivity contribution in [2.45, 2.75) is 46.5 Å². The first-order valence-corrected chi connectivity index (χ1v) is 9.42. The summed E-state index contributed by atoms with van der Waals surface area (Å²) in [7, 11) is 0. The highest BCUT2D eigenvalue weighted by molar-refractivity contribution is 9.10. The fraction of sp³-hybridized carbons (Fsp3) is 0.765. The number of hydrogen-bond acceptors (Lipinski definition) is 3. The van der Waals surface area contributed by atoms with Crippen molar-refractivity contribution in [1.82, 2.24) is 20.4 Å². The molecule has 1 saturated heterocycles. The largest absolute Gasteiger partial charge is 0.351 e. The standard InChI is InChI=1S/C17H29BrN4O/c1-11(2)15-14(18)16(21-20-15)17(23)19-6-5-7-22-9-12(3)8-13(4)10-22/h11-13H,5-10H2,1-4H3,(H,19,23)(H,20,21). The van der Waals surface area contributed by atoms with Crippen LogP contribution in [0, 0.1) is 11.8 Å². The van der Waals surface area contributed by atoms with Crippen molar-refractivity contribution in [2.75, 3.05) is 26.2 Å². The topological polar surface area (TPSA) is 61.0 Å². The van der Waals surface area contributed by atoms with Crippen molar-refractivity contribution in [3.8, 4) is 0 Å². The van der Waals surface area contributed by atoms with E-state index in [4.69, 9.17) is 0 Å². The lowest BCUT2D eigenvalue weighted by atomic mass is 9.92. The number of likely N-dealkylation sites (tertiary alicyclic amines) is 1. The number of nitrogens with one attached hydrogen (secondary N) is 2. The Morgan fingerprint density at radius 1 is 1.39 bits per heavy atom. The maximum atomic E-state index is 12.2. The van der Waals surface area contributed by atoms with Gasteiger partial charge < -0.3 is 10.2 Å². The first kappa shape index (κ1) is 18.5. The van der Waals surface area contributed by atoms with Gasteiger partial charge in [-0.1, -0.05) is 27.7 Å². The fourth-order valence-corrected chi connectivity index (χ4v) is 4.25. The molecule has 0 radical (unpaired) electrons. The second-order valence-electron chi connectivity index (χ2n) is 7.27. The molecule has 0 saturated carbocycles. The highest BCUT2D eigenvalue weighted by atomic mass is 79.9. The van der Waals surface area contributed by atoms with E-state index in [2.05, 4.69) is 64.0 Å². The molecule has 2 atom stereocenters. The predicted octanol–water partition coefficient (Wildman–Crippen LogP) is 3.39. The number of amides is 1. The molecule has 2 heterocycles. The van der Waals surface area contributed by atoms with Crippen molar-refractivity contribution in [3.05, 3.63) is 15.9 Å². The van der Waals surface area contributed by atoms with Gasteiger partial charge >= 0.3 is 0 Å². The van der Waals surface area contributed by atoms with E-state index in [-0.39, 0.29) is 5.91 Å². The van der Waals surface area contributed by atoms with E-state index in [9.17, 15) is 4.79 Å². The lowest BCUT2D eigenvalue weighted by molar-refractivity contribution is 0.0941. The average Bonchev–Trinajstić information content (AvgIpc) is 2.84. The van der Waals surface area contributed by atoms with Crippen LogP contribution >= 0.6 is 15.9 Å². The zero-order valence-electron chi connectivity index (χ0n) is 14.7. The Bertz CT molecular complexity index is 519. The summed E-state index contributed by atoms with van der Waals surface area (Å²) in [5.41, 5.74) is 1.42. The van der Waals surface area contributed by atoms with Crippen LogP contribution < -0.4 is 5.32 Å². The van der Waals surface area contributed by atoms with E-state index in [1.165, 1.54) is 19.5 Å². The van der Waals surface area contributed by atoms with Gasteiger partial charge in [-0.2, -0.15) is 5.10 Å². The SMILES string of the molecule is CC1CC(C)CN(CCCNC(=O)c2n[nH]c(C(C)C)c2Br)C1. The molecule has 0 aromatic carbocycles. The van der Waals surface area contributed by atoms with Gasteiger partial charge in [-0.3, -0.25) is 9.89 Å². The van der Waals surface area contributed by atoms with Crippen LogP contribution in [-0.2, 0) is 0 Å². The normalized spacial score (nSPS) is 22.5. The molecule has 6 heteroatoms. The lowest BCUT2D eigenvalue weighted by Gasteiger charge is -2.34. The monoisotopic (exact) mass is 384 g/mol. The number of nitrogens with zero attached hydrogens (tertiary/aromatic N) is 2. The first-order valence-electron chi connectivity index (χ1n) is 8.62. The molecule has 0 bridgehead atoms. The van der Waals surface area contributed by atoms with Crippen molar-refractivity contribution in [3.63, 3.8) is 0 Å². The van der Waals surface area contributed by atoms with Crippen LogP contribution in [0.1, 0.15) is 62.6 Å². The molecule has 2 rings (SSSR count). The summed E-state index contributed by atoms with van der Waals surface area (Å²) in [6.07, 6.45) is 2.31. The Hall–Kier alpha value is -0.880. The van der Waals surface area contributed by atoms with Crippen LogP contribution in [0.25, 0.3) is 0 Å². The summed E-state index contributed by atoms with van der Waals surface area (Å²) in [5, 5.41) is 10.0. The molecule has 1 aromatic rings. The zero-order valence-corrected chi connectivity index (χ0v) is 16.2. The van der Waals surface area contributed by atoms with Crippen LogP contribution in [0.5, 0.6) is 0 Å². The van der Waals surface area contributed by atoms with Gasteiger partial charge in [0.2, 0.25) is 0 Å². The Morgan fingerprint density at radius 2 is 2.04 bits per heavy atom. The minimum absolute atomic E-state index is 0.111. The number of hydrogen-bond donors (Lipinski definition) is 2. The van der Waals surface area contributed by atoms with E-state index >= 15 is 0 Å². The van der Waals surface area contributed by atoms with Crippen molar-refractivity contribution in [1.29, 1.82) is 0 Å². The number of aromatic amines is 1. The quantitative estimate of drug-likeness (QED) is 0.738. The van der Waals surface area contributed by atoms with Crippen LogP contribution in [0.3, 0.4) is 0 Å². The Morgan fingerprint density at radius 3 is 2.61 bits per heavy atom. The van der Waals surface area contributed by atoms with Crippen LogP contribution in [-0.4, -0.2) is 47.2 Å². The molecule has 1 aromatic heterocycles. The van der Waals surface area contributed by atoms with Crippen molar-refractivity contribution >= 4 is 21.8 Å². The first-order chi connectivity index (χ1) is 10.9. The maximum absolute atomic E-state index is 12.2. The molecule has 1 aliphatic heterocycles. The molecule has 23 heavy (non-hydrogen) atoms. The third kappa shape index (κ3) is 5.05. The highest BCUT2D eigenvalue weighted by Gasteiger charge is 2.22. The number of carbonyl (C=O) groups excluding carboxylic acids is 1. The van der Waals surface area contributed by atoms with Crippen LogP contribution in [0.15, 0.2) is 4.47 Å². The fourth-order valence-electron chi connectivity index (χ4n) is 3.44. The van der Waals surface area contributed by atoms with Gasteiger partial charge in [-0.05, 0) is 53.1 Å². The Balaban J connectivity index is 1.75. The van der Waals surface area contributed by atoms with Gasteiger partial charge in [0.25, 0.3) is 5.91 Å². The number of rotatable bonds is 6. The van der Waals surface area contributed by atoms with E-state index in [1.807, 2.05) is 0 Å². The Kier molecular flexibility index (Phi) is 6.65. The van der Waals surface area contributed by atoms with Gasteiger partial charge in [0.15, 0.2) is 5.69 Å². The molecular formula is C17H29BrN4O. The molecule has 0 spiro atoms. The molecule has 130 valence electrons.